The lowest BCUT2D eigenvalue weighted by molar-refractivity contribution is 0.196. The molecule has 0 aliphatic rings. The summed E-state index contributed by atoms with van der Waals surface area (Å²) in [6, 6.07) is 8.57. The molecule has 0 saturated carbocycles. The smallest absolute Gasteiger partial charge is 0.119 e. The molecule has 0 aromatic heterocycles. The van der Waals surface area contributed by atoms with Gasteiger partial charge in [0.15, 0.2) is 0 Å². The Morgan fingerprint density at radius 2 is 1.90 bits per heavy atom. The maximum absolute atomic E-state index is 9.54. The topological polar surface area (TPSA) is 41.5 Å². The Morgan fingerprint density at radius 1 is 1.25 bits per heavy atom. The number of benzene rings is 1. The van der Waals surface area contributed by atoms with E-state index in [-0.39, 0.29) is 11.4 Å². The summed E-state index contributed by atoms with van der Waals surface area (Å²) >= 11 is 1.79. The van der Waals surface area contributed by atoms with Gasteiger partial charge in [0.25, 0.3) is 0 Å². The second-order valence-electron chi connectivity index (χ2n) is 5.04. The number of hydrogen-bond donors (Lipinski definition) is 2. The van der Waals surface area contributed by atoms with Crippen molar-refractivity contribution in [3.05, 3.63) is 29.8 Å². The van der Waals surface area contributed by atoms with Crippen LogP contribution in [0.25, 0.3) is 0 Å². The highest BCUT2D eigenvalue weighted by Crippen LogP contribution is 2.24. The number of rotatable bonds is 9. The Bertz CT molecular complexity index is 367. The molecule has 0 spiro atoms. The minimum atomic E-state index is -0.276. The second kappa shape index (κ2) is 9.27. The molecule has 0 amide bonds. The van der Waals surface area contributed by atoms with Crippen LogP contribution in [0.1, 0.15) is 38.8 Å². The third-order valence-electron chi connectivity index (χ3n) is 3.31. The van der Waals surface area contributed by atoms with Gasteiger partial charge in [-0.1, -0.05) is 26.0 Å². The van der Waals surface area contributed by atoms with Crippen molar-refractivity contribution in [3.63, 3.8) is 0 Å². The summed E-state index contributed by atoms with van der Waals surface area (Å²) in [5.74, 6) is 1.87. The van der Waals surface area contributed by atoms with Crippen LogP contribution >= 0.6 is 11.8 Å². The lowest BCUT2D eigenvalue weighted by Crippen LogP contribution is -2.22. The van der Waals surface area contributed by atoms with Crippen LogP contribution < -0.4 is 10.1 Å². The zero-order chi connectivity index (χ0) is 15.0. The van der Waals surface area contributed by atoms with Gasteiger partial charge >= 0.3 is 0 Å². The van der Waals surface area contributed by atoms with E-state index in [2.05, 4.69) is 31.3 Å². The number of ether oxygens (including phenoxy) is 1. The fourth-order valence-electron chi connectivity index (χ4n) is 1.75. The van der Waals surface area contributed by atoms with Crippen molar-refractivity contribution in [2.45, 2.75) is 44.6 Å². The molecule has 0 aliphatic heterocycles. The highest BCUT2D eigenvalue weighted by Gasteiger charge is 2.14. The molecule has 0 aliphatic carbocycles. The first kappa shape index (κ1) is 17.3. The van der Waals surface area contributed by atoms with Crippen LogP contribution in [0, 0.1) is 0 Å². The highest BCUT2D eigenvalue weighted by atomic mass is 32.2. The first-order chi connectivity index (χ1) is 9.58. The third kappa shape index (κ3) is 5.73. The summed E-state index contributed by atoms with van der Waals surface area (Å²) in [6.45, 7) is 6.76. The molecule has 2 N–H and O–H groups in total. The van der Waals surface area contributed by atoms with Gasteiger partial charge in [-0.25, -0.2) is 0 Å². The molecule has 3 nitrogen and oxygen atoms in total. The third-order valence-corrected chi connectivity index (χ3v) is 4.75. The van der Waals surface area contributed by atoms with Crippen LogP contribution in [0.3, 0.4) is 0 Å². The van der Waals surface area contributed by atoms with E-state index in [9.17, 15) is 5.11 Å². The first-order valence-electron chi connectivity index (χ1n) is 7.28. The van der Waals surface area contributed by atoms with E-state index in [4.69, 9.17) is 4.74 Å². The number of thioether (sulfide) groups is 1. The maximum Gasteiger partial charge on any atom is 0.119 e. The maximum atomic E-state index is 9.54. The van der Waals surface area contributed by atoms with Crippen molar-refractivity contribution in [2.24, 2.45) is 0 Å². The van der Waals surface area contributed by atoms with E-state index in [0.717, 1.165) is 24.5 Å². The fourth-order valence-corrected chi connectivity index (χ4v) is 2.88. The average Bonchev–Trinajstić information content (AvgIpc) is 2.46. The fraction of sp³-hybridized carbons (Fsp3) is 0.625. The number of hydrogen-bond acceptors (Lipinski definition) is 4. The summed E-state index contributed by atoms with van der Waals surface area (Å²) in [6.07, 6.45) is 0.747. The molecular weight excluding hydrogens is 270 g/mol. The molecule has 0 bridgehead atoms. The van der Waals surface area contributed by atoms with Gasteiger partial charge in [-0.3, -0.25) is 0 Å². The Hall–Kier alpha value is -0.710. The average molecular weight is 297 g/mol. The van der Waals surface area contributed by atoms with E-state index < -0.39 is 0 Å². The zero-order valence-corrected chi connectivity index (χ0v) is 13.7. The number of aliphatic hydroxyl groups excluding tert-OH is 1. The molecule has 0 heterocycles. The van der Waals surface area contributed by atoms with Crippen molar-refractivity contribution in [1.29, 1.82) is 0 Å². The molecule has 3 unspecified atom stereocenters. The molecule has 20 heavy (non-hydrogen) atoms. The van der Waals surface area contributed by atoms with Gasteiger partial charge in [-0.2, -0.15) is 11.8 Å². The largest absolute Gasteiger partial charge is 0.494 e. The molecule has 0 fully saturated rings. The lowest BCUT2D eigenvalue weighted by atomic mass is 10.1. The van der Waals surface area contributed by atoms with E-state index in [0.29, 0.717) is 6.04 Å². The van der Waals surface area contributed by atoms with Crippen molar-refractivity contribution >= 4 is 11.8 Å². The van der Waals surface area contributed by atoms with Crippen LogP contribution in [0.5, 0.6) is 5.75 Å². The predicted octanol–water partition coefficient (Wildman–Crippen LogP) is 3.24. The van der Waals surface area contributed by atoms with Crippen LogP contribution in [0.15, 0.2) is 24.3 Å². The Kier molecular flexibility index (Phi) is 8.04. The minimum Gasteiger partial charge on any atom is -0.494 e. The van der Waals surface area contributed by atoms with Crippen LogP contribution in [-0.4, -0.2) is 35.9 Å². The zero-order valence-electron chi connectivity index (χ0n) is 12.9. The van der Waals surface area contributed by atoms with Gasteiger partial charge in [0, 0.05) is 17.0 Å². The molecule has 1 rings (SSSR count). The predicted molar refractivity (Wildman–Crippen MR) is 87.6 cm³/mol. The normalized spacial score (nSPS) is 15.7. The van der Waals surface area contributed by atoms with Crippen LogP contribution in [-0.2, 0) is 0 Å². The van der Waals surface area contributed by atoms with Gasteiger partial charge in [-0.05, 0) is 38.1 Å². The molecule has 0 saturated heterocycles. The molecular formula is C16H27NO2S. The minimum absolute atomic E-state index is 0.248. The Morgan fingerprint density at radius 3 is 2.40 bits per heavy atom. The van der Waals surface area contributed by atoms with Crippen LogP contribution in [0.2, 0.25) is 0 Å². The van der Waals surface area contributed by atoms with Crippen molar-refractivity contribution in [2.75, 3.05) is 19.4 Å². The summed E-state index contributed by atoms with van der Waals surface area (Å²) in [5, 5.41) is 13.1. The van der Waals surface area contributed by atoms with Crippen molar-refractivity contribution < 1.29 is 9.84 Å². The van der Waals surface area contributed by atoms with Gasteiger partial charge in [0.05, 0.1) is 12.7 Å². The van der Waals surface area contributed by atoms with Gasteiger partial charge < -0.3 is 15.2 Å². The second-order valence-corrected chi connectivity index (χ2v) is 6.45. The molecule has 0 radical (unpaired) electrons. The molecule has 3 atom stereocenters. The summed E-state index contributed by atoms with van der Waals surface area (Å²) in [4.78, 5) is 0. The quantitative estimate of drug-likeness (QED) is 0.734. The molecule has 114 valence electrons. The lowest BCUT2D eigenvalue weighted by Gasteiger charge is -2.20. The van der Waals surface area contributed by atoms with Crippen molar-refractivity contribution in [3.8, 4) is 5.75 Å². The van der Waals surface area contributed by atoms with Crippen molar-refractivity contribution in [1.82, 2.24) is 5.32 Å². The van der Waals surface area contributed by atoms with E-state index in [1.807, 2.05) is 26.1 Å². The molecule has 1 aromatic carbocycles. The Balaban J connectivity index is 2.56. The summed E-state index contributed by atoms with van der Waals surface area (Å²) in [7, 11) is 1.97. The molecule has 4 heteroatoms. The van der Waals surface area contributed by atoms with Gasteiger partial charge in [-0.15, -0.1) is 0 Å². The van der Waals surface area contributed by atoms with Gasteiger partial charge in [0.1, 0.15) is 5.75 Å². The standard InChI is InChI=1S/C16H27NO2S/c1-5-10-19-15-8-6-14(7-9-15)16(17-4)11-20-13(3)12(2)18/h6-9,12-13,16-18H,5,10-11H2,1-4H3. The number of aliphatic hydroxyl groups is 1. The first-order valence-corrected chi connectivity index (χ1v) is 8.33. The number of nitrogens with one attached hydrogen (secondary N) is 1. The van der Waals surface area contributed by atoms with E-state index >= 15 is 0 Å². The SMILES string of the molecule is CCCOc1ccc(C(CSC(C)C(C)O)NC)cc1. The molecule has 1 aromatic rings. The van der Waals surface area contributed by atoms with E-state index in [1.165, 1.54) is 5.56 Å². The van der Waals surface area contributed by atoms with Crippen LogP contribution in [0.4, 0.5) is 0 Å². The highest BCUT2D eigenvalue weighted by molar-refractivity contribution is 7.99. The van der Waals surface area contributed by atoms with E-state index in [1.54, 1.807) is 11.8 Å². The monoisotopic (exact) mass is 297 g/mol. The summed E-state index contributed by atoms with van der Waals surface area (Å²) in [5.41, 5.74) is 1.25. The van der Waals surface area contributed by atoms with Gasteiger partial charge in [0.2, 0.25) is 0 Å². The summed E-state index contributed by atoms with van der Waals surface area (Å²) < 4.78 is 5.59. The Labute approximate surface area is 127 Å².